The summed E-state index contributed by atoms with van der Waals surface area (Å²) in [4.78, 5) is 13.1. The lowest BCUT2D eigenvalue weighted by atomic mass is 10.3. The van der Waals surface area contributed by atoms with Crippen molar-refractivity contribution in [3.63, 3.8) is 0 Å². The zero-order valence-corrected chi connectivity index (χ0v) is 14.4. The maximum absolute atomic E-state index is 13.1. The summed E-state index contributed by atoms with van der Waals surface area (Å²) in [5, 5.41) is 7.29. The summed E-state index contributed by atoms with van der Waals surface area (Å²) in [6, 6.07) is 6.88. The molecule has 0 radical (unpaired) electrons. The number of rotatable bonds is 5. The van der Waals surface area contributed by atoms with E-state index in [1.165, 1.54) is 12.3 Å². The van der Waals surface area contributed by atoms with Gasteiger partial charge < -0.3 is 14.4 Å². The third-order valence-electron chi connectivity index (χ3n) is 3.96. The number of hydrogen-bond acceptors (Lipinski definition) is 6. The van der Waals surface area contributed by atoms with E-state index in [1.807, 2.05) is 36.7 Å². The first-order valence-corrected chi connectivity index (χ1v) is 8.18. The van der Waals surface area contributed by atoms with E-state index in [0.717, 1.165) is 28.2 Å². The van der Waals surface area contributed by atoms with Crippen LogP contribution in [-0.4, -0.2) is 24.7 Å². The topological polar surface area (TPSA) is 81.7 Å². The zero-order chi connectivity index (χ0) is 18.1. The van der Waals surface area contributed by atoms with Crippen molar-refractivity contribution in [3.05, 3.63) is 65.4 Å². The maximum atomic E-state index is 13.1. The van der Waals surface area contributed by atoms with Crippen LogP contribution in [0.2, 0.25) is 0 Å². The number of pyridine rings is 1. The molecule has 0 amide bonds. The number of fused-ring (bicyclic) bond motifs is 1. The van der Waals surface area contributed by atoms with Crippen LogP contribution in [0.5, 0.6) is 0 Å². The number of nitrogens with zero attached hydrogens (tertiary/aromatic N) is 5. The number of halogens is 1. The number of hydrogen-bond donors (Lipinski definition) is 1. The van der Waals surface area contributed by atoms with E-state index in [-0.39, 0.29) is 5.82 Å². The van der Waals surface area contributed by atoms with Gasteiger partial charge in [0.2, 0.25) is 0 Å². The molecule has 7 nitrogen and oxygen atoms in total. The lowest BCUT2D eigenvalue weighted by molar-refractivity contribution is 0.391. The first-order valence-electron chi connectivity index (χ1n) is 8.18. The van der Waals surface area contributed by atoms with Crippen molar-refractivity contribution >= 4 is 16.9 Å². The van der Waals surface area contributed by atoms with E-state index in [1.54, 1.807) is 6.07 Å². The first-order chi connectivity index (χ1) is 12.6. The molecule has 0 unspecified atom stereocenters. The molecule has 0 aliphatic rings. The molecule has 8 heteroatoms. The van der Waals surface area contributed by atoms with Crippen LogP contribution in [-0.2, 0) is 13.1 Å². The standard InChI is InChI=1S/C18H17FN6O/c1-11-7-15(24-26-11)9-21-18-17-16(22-12(2)23-18)5-6-25(17)10-14-4-3-13(19)8-20-14/h3-8H,9-10H2,1-2H3,(H,21,22,23). The quantitative estimate of drug-likeness (QED) is 0.594. The molecular weight excluding hydrogens is 335 g/mol. The molecule has 0 aliphatic heterocycles. The fourth-order valence-electron chi connectivity index (χ4n) is 2.83. The highest BCUT2D eigenvalue weighted by Crippen LogP contribution is 2.23. The van der Waals surface area contributed by atoms with Crippen LogP contribution >= 0.6 is 0 Å². The molecule has 0 aromatic carbocycles. The van der Waals surface area contributed by atoms with E-state index < -0.39 is 0 Å². The Kier molecular flexibility index (Phi) is 4.08. The van der Waals surface area contributed by atoms with Crippen molar-refractivity contribution in [2.24, 2.45) is 0 Å². The van der Waals surface area contributed by atoms with E-state index in [9.17, 15) is 4.39 Å². The van der Waals surface area contributed by atoms with E-state index in [4.69, 9.17) is 4.52 Å². The third-order valence-corrected chi connectivity index (χ3v) is 3.96. The Morgan fingerprint density at radius 3 is 2.77 bits per heavy atom. The molecule has 4 aromatic rings. The van der Waals surface area contributed by atoms with Crippen molar-refractivity contribution in [3.8, 4) is 0 Å². The molecule has 0 aliphatic carbocycles. The smallest absolute Gasteiger partial charge is 0.154 e. The van der Waals surface area contributed by atoms with Gasteiger partial charge in [-0.05, 0) is 32.0 Å². The van der Waals surface area contributed by atoms with Gasteiger partial charge in [-0.1, -0.05) is 5.16 Å². The van der Waals surface area contributed by atoms with Gasteiger partial charge in [0.1, 0.15) is 28.6 Å². The van der Waals surface area contributed by atoms with Crippen LogP contribution in [0.3, 0.4) is 0 Å². The molecule has 0 saturated heterocycles. The van der Waals surface area contributed by atoms with Crippen LogP contribution in [0.15, 0.2) is 41.2 Å². The summed E-state index contributed by atoms with van der Waals surface area (Å²) in [5.41, 5.74) is 3.24. The Morgan fingerprint density at radius 1 is 1.15 bits per heavy atom. The molecule has 0 atom stereocenters. The minimum absolute atomic E-state index is 0.352. The number of anilines is 1. The fraction of sp³-hybridized carbons (Fsp3) is 0.222. The van der Waals surface area contributed by atoms with E-state index in [0.29, 0.717) is 24.7 Å². The number of aromatic nitrogens is 5. The van der Waals surface area contributed by atoms with Gasteiger partial charge in [-0.15, -0.1) is 0 Å². The highest BCUT2D eigenvalue weighted by Gasteiger charge is 2.12. The molecular formula is C18H17FN6O. The normalized spacial score (nSPS) is 11.2. The monoisotopic (exact) mass is 352 g/mol. The summed E-state index contributed by atoms with van der Waals surface area (Å²) in [5.74, 6) is 1.79. The summed E-state index contributed by atoms with van der Waals surface area (Å²) in [6.07, 6.45) is 3.14. The van der Waals surface area contributed by atoms with Gasteiger partial charge in [-0.25, -0.2) is 14.4 Å². The molecule has 0 spiro atoms. The molecule has 26 heavy (non-hydrogen) atoms. The Bertz CT molecular complexity index is 1050. The van der Waals surface area contributed by atoms with Crippen molar-refractivity contribution in [1.29, 1.82) is 0 Å². The van der Waals surface area contributed by atoms with Crippen molar-refractivity contribution in [2.75, 3.05) is 5.32 Å². The Balaban J connectivity index is 1.67. The summed E-state index contributed by atoms with van der Waals surface area (Å²) >= 11 is 0. The predicted octanol–water partition coefficient (Wildman–Crippen LogP) is 3.23. The van der Waals surface area contributed by atoms with Crippen LogP contribution in [0.1, 0.15) is 23.0 Å². The Hall–Kier alpha value is -3.29. The SMILES string of the molecule is Cc1nc(NCc2cc(C)on2)c2c(ccn2Cc2ccc(F)cn2)n1. The average Bonchev–Trinajstić information content (AvgIpc) is 3.21. The highest BCUT2D eigenvalue weighted by molar-refractivity contribution is 5.86. The van der Waals surface area contributed by atoms with Gasteiger partial charge in [0.15, 0.2) is 5.82 Å². The van der Waals surface area contributed by atoms with Gasteiger partial charge in [-0.3, -0.25) is 4.98 Å². The summed E-state index contributed by atoms with van der Waals surface area (Å²) < 4.78 is 20.2. The summed E-state index contributed by atoms with van der Waals surface area (Å²) in [6.45, 7) is 4.69. The van der Waals surface area contributed by atoms with Crippen LogP contribution in [0.4, 0.5) is 10.2 Å². The maximum Gasteiger partial charge on any atom is 0.154 e. The minimum Gasteiger partial charge on any atom is -0.362 e. The van der Waals surface area contributed by atoms with Crippen molar-refractivity contribution in [2.45, 2.75) is 26.9 Å². The molecule has 0 bridgehead atoms. The fourth-order valence-corrected chi connectivity index (χ4v) is 2.83. The number of aryl methyl sites for hydroxylation is 2. The second-order valence-corrected chi connectivity index (χ2v) is 6.05. The lowest BCUT2D eigenvalue weighted by Gasteiger charge is -2.10. The Morgan fingerprint density at radius 2 is 2.04 bits per heavy atom. The van der Waals surface area contributed by atoms with Gasteiger partial charge in [0.25, 0.3) is 0 Å². The molecule has 132 valence electrons. The third kappa shape index (κ3) is 3.26. The average molecular weight is 352 g/mol. The first kappa shape index (κ1) is 16.2. The van der Waals surface area contributed by atoms with Crippen LogP contribution < -0.4 is 5.32 Å². The minimum atomic E-state index is -0.352. The Labute approximate surface area is 148 Å². The van der Waals surface area contributed by atoms with Crippen LogP contribution in [0.25, 0.3) is 11.0 Å². The second-order valence-electron chi connectivity index (χ2n) is 6.05. The van der Waals surface area contributed by atoms with Gasteiger partial charge in [0, 0.05) is 12.3 Å². The molecule has 0 fully saturated rings. The summed E-state index contributed by atoms with van der Waals surface area (Å²) in [7, 11) is 0. The molecule has 4 heterocycles. The van der Waals surface area contributed by atoms with Crippen molar-refractivity contribution in [1.82, 2.24) is 24.7 Å². The molecule has 1 N–H and O–H groups in total. The van der Waals surface area contributed by atoms with Gasteiger partial charge >= 0.3 is 0 Å². The molecule has 4 aromatic heterocycles. The molecule has 0 saturated carbocycles. The number of nitrogens with one attached hydrogen (secondary N) is 1. The largest absolute Gasteiger partial charge is 0.362 e. The highest BCUT2D eigenvalue weighted by atomic mass is 19.1. The zero-order valence-electron chi connectivity index (χ0n) is 14.4. The van der Waals surface area contributed by atoms with Gasteiger partial charge in [-0.2, -0.15) is 0 Å². The lowest BCUT2D eigenvalue weighted by Crippen LogP contribution is -2.08. The van der Waals surface area contributed by atoms with Crippen LogP contribution in [0, 0.1) is 19.7 Å². The second kappa shape index (κ2) is 6.55. The van der Waals surface area contributed by atoms with Crippen molar-refractivity contribution < 1.29 is 8.91 Å². The molecule has 4 rings (SSSR count). The predicted molar refractivity (Wildman–Crippen MR) is 94.1 cm³/mol. The van der Waals surface area contributed by atoms with Gasteiger partial charge in [0.05, 0.1) is 30.5 Å². The van der Waals surface area contributed by atoms with E-state index >= 15 is 0 Å². The van der Waals surface area contributed by atoms with E-state index in [2.05, 4.69) is 25.4 Å².